The van der Waals surface area contributed by atoms with Gasteiger partial charge in [-0.15, -0.1) is 0 Å². The number of rotatable bonds is 0. The standard InChI is InChI=1S/C18H14BrN3O/c19-13-6-3-5-12-15(13)22-17(23)18(12)16-11(8-9-20-18)10-4-1-2-7-14(10)21-16/h1-7,20-21H,8-9H2,(H,22,23). The highest BCUT2D eigenvalue weighted by Crippen LogP contribution is 2.47. The zero-order valence-electron chi connectivity index (χ0n) is 12.2. The molecule has 3 N–H and O–H groups in total. The van der Waals surface area contributed by atoms with Gasteiger partial charge in [-0.25, -0.2) is 0 Å². The van der Waals surface area contributed by atoms with Crippen molar-refractivity contribution in [2.24, 2.45) is 0 Å². The molecule has 1 amide bonds. The Morgan fingerprint density at radius 1 is 1.09 bits per heavy atom. The van der Waals surface area contributed by atoms with E-state index >= 15 is 0 Å². The van der Waals surface area contributed by atoms with Crippen LogP contribution in [0.15, 0.2) is 46.9 Å². The van der Waals surface area contributed by atoms with Gasteiger partial charge in [0.05, 0.1) is 11.4 Å². The van der Waals surface area contributed by atoms with E-state index in [2.05, 4.69) is 43.7 Å². The molecule has 0 fully saturated rings. The van der Waals surface area contributed by atoms with E-state index in [1.165, 1.54) is 10.9 Å². The summed E-state index contributed by atoms with van der Waals surface area (Å²) in [4.78, 5) is 16.5. The first-order valence-corrected chi connectivity index (χ1v) is 8.46. The largest absolute Gasteiger partial charge is 0.356 e. The number of aromatic amines is 1. The average Bonchev–Trinajstić information content (AvgIpc) is 3.08. The Labute approximate surface area is 141 Å². The van der Waals surface area contributed by atoms with Crippen LogP contribution in [0.3, 0.4) is 0 Å². The molecule has 0 radical (unpaired) electrons. The van der Waals surface area contributed by atoms with Crippen molar-refractivity contribution < 1.29 is 4.79 Å². The van der Waals surface area contributed by atoms with Gasteiger partial charge in [0.15, 0.2) is 5.54 Å². The fourth-order valence-corrected chi connectivity index (χ4v) is 4.43. The number of anilines is 1. The minimum absolute atomic E-state index is 0.0214. The lowest BCUT2D eigenvalue weighted by Gasteiger charge is -2.33. The molecule has 2 aromatic carbocycles. The van der Waals surface area contributed by atoms with Crippen LogP contribution >= 0.6 is 15.9 Å². The monoisotopic (exact) mass is 367 g/mol. The fraction of sp³-hybridized carbons (Fsp3) is 0.167. The highest BCUT2D eigenvalue weighted by Gasteiger charge is 2.52. The van der Waals surface area contributed by atoms with Crippen LogP contribution in [0.5, 0.6) is 0 Å². The van der Waals surface area contributed by atoms with E-state index in [0.29, 0.717) is 0 Å². The molecule has 1 atom stereocenters. The first-order valence-electron chi connectivity index (χ1n) is 7.67. The van der Waals surface area contributed by atoms with Crippen molar-refractivity contribution in [1.29, 1.82) is 0 Å². The Morgan fingerprint density at radius 2 is 1.96 bits per heavy atom. The number of benzene rings is 2. The number of fused-ring (bicyclic) bond motifs is 6. The van der Waals surface area contributed by atoms with Crippen molar-refractivity contribution in [3.63, 3.8) is 0 Å². The maximum Gasteiger partial charge on any atom is 0.255 e. The number of nitrogens with one attached hydrogen (secondary N) is 3. The van der Waals surface area contributed by atoms with E-state index in [9.17, 15) is 4.79 Å². The number of carbonyl (C=O) groups is 1. The lowest BCUT2D eigenvalue weighted by Crippen LogP contribution is -2.53. The number of hydrogen-bond acceptors (Lipinski definition) is 2. The van der Waals surface area contributed by atoms with Gasteiger partial charge in [-0.05, 0) is 40.0 Å². The smallest absolute Gasteiger partial charge is 0.255 e. The first-order chi connectivity index (χ1) is 11.2. The van der Waals surface area contributed by atoms with Crippen LogP contribution < -0.4 is 10.6 Å². The predicted octanol–water partition coefficient (Wildman–Crippen LogP) is 3.27. The van der Waals surface area contributed by atoms with Crippen LogP contribution in [-0.2, 0) is 16.8 Å². The van der Waals surface area contributed by atoms with Gasteiger partial charge < -0.3 is 10.3 Å². The van der Waals surface area contributed by atoms with Crippen molar-refractivity contribution in [2.45, 2.75) is 12.0 Å². The normalized spacial score (nSPS) is 22.2. The van der Waals surface area contributed by atoms with Gasteiger partial charge in [-0.2, -0.15) is 0 Å². The number of halogens is 1. The van der Waals surface area contributed by atoms with E-state index in [4.69, 9.17) is 0 Å². The van der Waals surface area contributed by atoms with Crippen LogP contribution in [0.2, 0.25) is 0 Å². The zero-order chi connectivity index (χ0) is 15.6. The maximum absolute atomic E-state index is 13.0. The molecule has 1 unspecified atom stereocenters. The molecule has 114 valence electrons. The summed E-state index contributed by atoms with van der Waals surface area (Å²) in [6.07, 6.45) is 0.914. The van der Waals surface area contributed by atoms with Crippen molar-refractivity contribution in [1.82, 2.24) is 10.3 Å². The molecule has 23 heavy (non-hydrogen) atoms. The number of hydrogen-bond donors (Lipinski definition) is 3. The highest BCUT2D eigenvalue weighted by atomic mass is 79.9. The summed E-state index contributed by atoms with van der Waals surface area (Å²) in [5.41, 5.74) is 4.30. The lowest BCUT2D eigenvalue weighted by atomic mass is 9.82. The molecule has 5 rings (SSSR count). The summed E-state index contributed by atoms with van der Waals surface area (Å²) >= 11 is 3.55. The third-order valence-electron chi connectivity index (χ3n) is 4.95. The molecule has 4 nitrogen and oxygen atoms in total. The number of H-pyrrole nitrogens is 1. The van der Waals surface area contributed by atoms with Crippen LogP contribution in [0.1, 0.15) is 16.8 Å². The topological polar surface area (TPSA) is 56.9 Å². The van der Waals surface area contributed by atoms with E-state index in [0.717, 1.165) is 39.9 Å². The number of para-hydroxylation sites is 2. The summed E-state index contributed by atoms with van der Waals surface area (Å²) in [6, 6.07) is 14.2. The highest BCUT2D eigenvalue weighted by molar-refractivity contribution is 9.10. The second-order valence-electron chi connectivity index (χ2n) is 6.07. The first kappa shape index (κ1) is 13.3. The Balaban J connectivity index is 1.87. The molecule has 0 aliphatic carbocycles. The summed E-state index contributed by atoms with van der Waals surface area (Å²) in [7, 11) is 0. The summed E-state index contributed by atoms with van der Waals surface area (Å²) in [5, 5.41) is 7.73. The Bertz CT molecular complexity index is 978. The van der Waals surface area contributed by atoms with E-state index in [-0.39, 0.29) is 5.91 Å². The van der Waals surface area contributed by atoms with Crippen molar-refractivity contribution in [3.8, 4) is 0 Å². The number of amides is 1. The average molecular weight is 368 g/mol. The Hall–Kier alpha value is -2.11. The molecular formula is C18H14BrN3O. The molecule has 0 saturated carbocycles. The van der Waals surface area contributed by atoms with Gasteiger partial charge in [-0.1, -0.05) is 30.3 Å². The molecule has 3 aromatic rings. The van der Waals surface area contributed by atoms with Crippen LogP contribution in [-0.4, -0.2) is 17.4 Å². The van der Waals surface area contributed by atoms with E-state index in [1.807, 2.05) is 30.3 Å². The summed E-state index contributed by atoms with van der Waals surface area (Å²) in [5.74, 6) is -0.0214. The molecule has 5 heteroatoms. The van der Waals surface area contributed by atoms with Gasteiger partial charge in [0.1, 0.15) is 0 Å². The molecule has 2 aliphatic heterocycles. The third kappa shape index (κ3) is 1.56. The molecule has 2 aliphatic rings. The zero-order valence-corrected chi connectivity index (χ0v) is 13.8. The lowest BCUT2D eigenvalue weighted by molar-refractivity contribution is -0.120. The fourth-order valence-electron chi connectivity index (χ4n) is 3.96. The van der Waals surface area contributed by atoms with Gasteiger partial charge in [-0.3, -0.25) is 10.1 Å². The number of carbonyl (C=O) groups excluding carboxylic acids is 1. The minimum atomic E-state index is -0.828. The second-order valence-corrected chi connectivity index (χ2v) is 6.92. The van der Waals surface area contributed by atoms with Crippen LogP contribution in [0.25, 0.3) is 10.9 Å². The third-order valence-corrected chi connectivity index (χ3v) is 5.61. The second kappa shape index (κ2) is 4.46. The summed E-state index contributed by atoms with van der Waals surface area (Å²) in [6.45, 7) is 0.772. The van der Waals surface area contributed by atoms with Gasteiger partial charge in [0, 0.05) is 27.5 Å². The van der Waals surface area contributed by atoms with Crippen molar-refractivity contribution in [3.05, 3.63) is 63.8 Å². The van der Waals surface area contributed by atoms with Gasteiger partial charge in [0.25, 0.3) is 5.91 Å². The molecule has 0 saturated heterocycles. The minimum Gasteiger partial charge on any atom is -0.356 e. The predicted molar refractivity (Wildman–Crippen MR) is 93.6 cm³/mol. The van der Waals surface area contributed by atoms with E-state index in [1.54, 1.807) is 0 Å². The molecule has 3 heterocycles. The molecule has 0 bridgehead atoms. The number of aromatic nitrogens is 1. The van der Waals surface area contributed by atoms with Crippen LogP contribution in [0, 0.1) is 0 Å². The van der Waals surface area contributed by atoms with Crippen molar-refractivity contribution >= 4 is 38.4 Å². The molecule has 1 spiro atoms. The van der Waals surface area contributed by atoms with E-state index < -0.39 is 5.54 Å². The molecular weight excluding hydrogens is 354 g/mol. The SMILES string of the molecule is O=C1Nc2c(Br)cccc2C12NCCc1c2[nH]c2ccccc12. The molecule has 1 aromatic heterocycles. The quantitative estimate of drug-likeness (QED) is 0.571. The Morgan fingerprint density at radius 3 is 2.87 bits per heavy atom. The Kier molecular flexibility index (Phi) is 2.59. The summed E-state index contributed by atoms with van der Waals surface area (Å²) < 4.78 is 0.908. The van der Waals surface area contributed by atoms with Crippen molar-refractivity contribution in [2.75, 3.05) is 11.9 Å². The van der Waals surface area contributed by atoms with Crippen LogP contribution in [0.4, 0.5) is 5.69 Å². The maximum atomic E-state index is 13.0. The van der Waals surface area contributed by atoms with Gasteiger partial charge >= 0.3 is 0 Å². The van der Waals surface area contributed by atoms with Gasteiger partial charge in [0.2, 0.25) is 0 Å².